The first-order chi connectivity index (χ1) is 19.1. The van der Waals surface area contributed by atoms with Gasteiger partial charge in [-0.3, -0.25) is 4.79 Å². The van der Waals surface area contributed by atoms with Crippen molar-refractivity contribution in [2.45, 2.75) is 151 Å². The molecular formula is C32H72O7Si6. The summed E-state index contributed by atoms with van der Waals surface area (Å²) in [6, 6.07) is 9.16. The van der Waals surface area contributed by atoms with Crippen LogP contribution in [0, 0.1) is 0 Å². The van der Waals surface area contributed by atoms with Gasteiger partial charge in [-0.2, -0.15) is 0 Å². The Morgan fingerprint density at radius 2 is 0.911 bits per heavy atom. The summed E-state index contributed by atoms with van der Waals surface area (Å²) in [5.41, 5.74) is -0.311. The van der Waals surface area contributed by atoms with Crippen molar-refractivity contribution in [2.24, 2.45) is 0 Å². The highest BCUT2D eigenvalue weighted by molar-refractivity contribution is 6.88. The minimum Gasteiger partial charge on any atom is -0.494 e. The molecule has 0 unspecified atom stereocenters. The number of ether oxygens (including phenoxy) is 2. The molecule has 0 heterocycles. The summed E-state index contributed by atoms with van der Waals surface area (Å²) < 4.78 is 38.6. The Morgan fingerprint density at radius 3 is 1.24 bits per heavy atom. The lowest BCUT2D eigenvalue weighted by molar-refractivity contribution is -0.00451. The molecule has 7 nitrogen and oxygen atoms in total. The Labute approximate surface area is 285 Å². The first-order valence-electron chi connectivity index (χ1n) is 15.9. The summed E-state index contributed by atoms with van der Waals surface area (Å²) in [4.78, 5) is 13.3. The molecule has 0 aliphatic rings. The van der Waals surface area contributed by atoms with Gasteiger partial charge in [-0.05, 0) is 155 Å². The van der Waals surface area contributed by atoms with E-state index in [2.05, 4.69) is 91.7 Å². The maximum atomic E-state index is 13.3. The molecule has 1 rings (SSSR count). The lowest BCUT2D eigenvalue weighted by atomic mass is 9.96. The highest BCUT2D eigenvalue weighted by atomic mass is 28.5. The molecule has 0 N–H and O–H groups in total. The van der Waals surface area contributed by atoms with E-state index in [4.69, 9.17) is 25.9 Å². The van der Waals surface area contributed by atoms with Gasteiger partial charge in [0.25, 0.3) is 0 Å². The molecule has 266 valence electrons. The van der Waals surface area contributed by atoms with Crippen LogP contribution in [0.1, 0.15) is 51.9 Å². The molecule has 45 heavy (non-hydrogen) atoms. The number of hydrogen-bond acceptors (Lipinski definition) is 7. The van der Waals surface area contributed by atoms with E-state index in [1.54, 1.807) is 0 Å². The quantitative estimate of drug-likeness (QED) is 0.0749. The molecule has 0 aromatic heterocycles. The van der Waals surface area contributed by atoms with Crippen molar-refractivity contribution in [1.82, 2.24) is 0 Å². The van der Waals surface area contributed by atoms with Crippen LogP contribution < -0.4 is 4.74 Å². The largest absolute Gasteiger partial charge is 0.494 e. The van der Waals surface area contributed by atoms with Gasteiger partial charge in [0.1, 0.15) is 11.4 Å². The van der Waals surface area contributed by atoms with Crippen molar-refractivity contribution in [3.8, 4) is 5.75 Å². The molecule has 0 amide bonds. The molecule has 1 aromatic carbocycles. The SMILES string of the molecule is C.C.CC(C)(OCCC[Si](C)(O[Si](C)(C)C)O[Si](C)(C)C)C(=O)c1ccc(OCCC[Si](C)(O[Si](C)(C)C)O[Si](C)(C)C)cc1. The fraction of sp³-hybridized carbons (Fsp3) is 0.781. The number of carbonyl (C=O) groups is 1. The van der Waals surface area contributed by atoms with Gasteiger partial charge in [0.05, 0.1) is 6.61 Å². The summed E-state index contributed by atoms with van der Waals surface area (Å²) >= 11 is 0. The normalized spacial score (nSPS) is 13.6. The monoisotopic (exact) mass is 736 g/mol. The van der Waals surface area contributed by atoms with E-state index in [0.717, 1.165) is 30.7 Å². The van der Waals surface area contributed by atoms with E-state index in [1.165, 1.54) is 0 Å². The number of carbonyl (C=O) groups excluding carboxylic acids is 1. The van der Waals surface area contributed by atoms with E-state index < -0.39 is 56.0 Å². The van der Waals surface area contributed by atoms with E-state index in [-0.39, 0.29) is 20.6 Å². The predicted molar refractivity (Wildman–Crippen MR) is 210 cm³/mol. The molecule has 13 heteroatoms. The Balaban J connectivity index is 0. The number of ketones is 1. The molecule has 0 fully saturated rings. The van der Waals surface area contributed by atoms with Crippen LogP contribution in [0.25, 0.3) is 0 Å². The molecule has 0 aliphatic heterocycles. The van der Waals surface area contributed by atoms with Crippen LogP contribution in [0.15, 0.2) is 24.3 Å². The summed E-state index contributed by atoms with van der Waals surface area (Å²) in [7, 11) is -11.5. The molecule has 0 spiro atoms. The van der Waals surface area contributed by atoms with Gasteiger partial charge in [-0.1, -0.05) is 14.9 Å². The van der Waals surface area contributed by atoms with Crippen LogP contribution in [-0.2, 0) is 21.2 Å². The van der Waals surface area contributed by atoms with E-state index in [0.29, 0.717) is 18.8 Å². The van der Waals surface area contributed by atoms with Crippen LogP contribution in [0.3, 0.4) is 0 Å². The van der Waals surface area contributed by atoms with Gasteiger partial charge in [-0.15, -0.1) is 0 Å². The zero-order valence-electron chi connectivity index (χ0n) is 30.4. The van der Waals surface area contributed by atoms with Crippen molar-refractivity contribution in [1.29, 1.82) is 0 Å². The lowest BCUT2D eigenvalue weighted by Gasteiger charge is -2.38. The van der Waals surface area contributed by atoms with Crippen molar-refractivity contribution in [3.05, 3.63) is 29.8 Å². The minimum absolute atomic E-state index is 0. The third kappa shape index (κ3) is 20.7. The van der Waals surface area contributed by atoms with Gasteiger partial charge in [0, 0.05) is 12.2 Å². The first kappa shape index (κ1) is 46.9. The van der Waals surface area contributed by atoms with Crippen LogP contribution >= 0.6 is 0 Å². The average molecular weight is 737 g/mol. The molecule has 0 radical (unpaired) electrons. The summed E-state index contributed by atoms with van der Waals surface area (Å²) in [5, 5.41) is 0. The standard InChI is InChI=1S/C30H64O7Si6.2CH4/c1-30(2,33-24-18-26-43(16,36-40(9,10)11)37-41(12,13)14)29(31)27-19-21-28(22-20-27)32-23-17-25-42(15,34-38(3,4)5)35-39(6,7)8;;/h19-22H,17-18,23-26H2,1-16H3;2*1H4. The third-order valence-corrected chi connectivity index (χ3v) is 25.3. The molecule has 0 bridgehead atoms. The predicted octanol–water partition coefficient (Wildman–Crippen LogP) is 10.6. The lowest BCUT2D eigenvalue weighted by Crippen LogP contribution is -2.52. The maximum Gasteiger partial charge on any atom is 0.314 e. The fourth-order valence-electron chi connectivity index (χ4n) is 5.26. The van der Waals surface area contributed by atoms with Gasteiger partial charge >= 0.3 is 17.1 Å². The second-order valence-electron chi connectivity index (χ2n) is 16.4. The second-order valence-corrected chi connectivity index (χ2v) is 42.1. The molecule has 0 atom stereocenters. The number of Topliss-reactive ketones (excluding diaryl/α,β-unsaturated/α-hetero) is 1. The topological polar surface area (TPSA) is 72.5 Å². The van der Waals surface area contributed by atoms with Crippen molar-refractivity contribution < 1.29 is 30.7 Å². The van der Waals surface area contributed by atoms with Crippen LogP contribution in [0.5, 0.6) is 5.75 Å². The second kappa shape index (κ2) is 18.0. The molecule has 0 saturated carbocycles. The zero-order chi connectivity index (χ0) is 33.5. The van der Waals surface area contributed by atoms with Gasteiger partial charge in [0.15, 0.2) is 39.1 Å². The smallest absolute Gasteiger partial charge is 0.314 e. The minimum atomic E-state index is -2.32. The molecule has 1 aromatic rings. The van der Waals surface area contributed by atoms with Gasteiger partial charge < -0.3 is 25.9 Å². The zero-order valence-corrected chi connectivity index (χ0v) is 36.4. The van der Waals surface area contributed by atoms with E-state index >= 15 is 0 Å². The highest BCUT2D eigenvalue weighted by Gasteiger charge is 2.41. The van der Waals surface area contributed by atoms with E-state index in [1.807, 2.05) is 38.1 Å². The van der Waals surface area contributed by atoms with Crippen LogP contribution in [-0.4, -0.2) is 75.0 Å². The summed E-state index contributed by atoms with van der Waals surface area (Å²) in [6.07, 6.45) is 1.67. The molecular weight excluding hydrogens is 665 g/mol. The summed E-state index contributed by atoms with van der Waals surface area (Å²) in [5.74, 6) is 0.717. The highest BCUT2D eigenvalue weighted by Crippen LogP contribution is 2.28. The molecule has 0 aliphatic carbocycles. The Bertz CT molecular complexity index is 975. The van der Waals surface area contributed by atoms with Gasteiger partial charge in [-0.25, -0.2) is 0 Å². The Hall–Kier alpha value is -0.209. The summed E-state index contributed by atoms with van der Waals surface area (Å²) in [6.45, 7) is 35.8. The van der Waals surface area contributed by atoms with Crippen molar-refractivity contribution in [3.63, 3.8) is 0 Å². The van der Waals surface area contributed by atoms with Crippen LogP contribution in [0.4, 0.5) is 0 Å². The van der Waals surface area contributed by atoms with Crippen molar-refractivity contribution in [2.75, 3.05) is 13.2 Å². The first-order valence-corrected chi connectivity index (χ1v) is 34.5. The molecule has 0 saturated heterocycles. The number of hydrogen-bond donors (Lipinski definition) is 0. The van der Waals surface area contributed by atoms with Gasteiger partial charge in [0.2, 0.25) is 0 Å². The number of benzene rings is 1. The van der Waals surface area contributed by atoms with E-state index in [9.17, 15) is 4.79 Å². The van der Waals surface area contributed by atoms with Crippen LogP contribution in [0.2, 0.25) is 104 Å². The van der Waals surface area contributed by atoms with Crippen molar-refractivity contribution >= 4 is 56.2 Å². The number of rotatable bonds is 20. The Kier molecular flexibility index (Phi) is 18.7. The third-order valence-electron chi connectivity index (χ3n) is 6.03. The average Bonchev–Trinajstić information content (AvgIpc) is 2.74. The fourth-order valence-corrected chi connectivity index (χ4v) is 30.3. The maximum absolute atomic E-state index is 13.3. The Morgan fingerprint density at radius 1 is 0.578 bits per heavy atom.